The standard InChI is InChI=1S/C26H30N2O3S/c1-18-10-6-7-13-21(18)26(29)27-24-16-17-25(23-15-9-8-14-22(23)24)32(30,31)28-19(2)20-11-4-3-5-12-20/h6-10,13-17,19-20,28H,3-5,11-12H2,1-2H3,(H,27,29)/t19-/m0/s1. The quantitative estimate of drug-likeness (QED) is 0.510. The van der Waals surface area contributed by atoms with Gasteiger partial charge in [-0.3, -0.25) is 4.79 Å². The van der Waals surface area contributed by atoms with Crippen molar-refractivity contribution >= 4 is 32.4 Å². The summed E-state index contributed by atoms with van der Waals surface area (Å²) >= 11 is 0. The van der Waals surface area contributed by atoms with E-state index in [2.05, 4.69) is 10.0 Å². The van der Waals surface area contributed by atoms with Crippen LogP contribution in [0.1, 0.15) is 54.9 Å². The molecular formula is C26H30N2O3S. The van der Waals surface area contributed by atoms with Crippen LogP contribution in [0, 0.1) is 12.8 Å². The third-order valence-corrected chi connectivity index (χ3v) is 8.13. The molecule has 1 aliphatic rings. The number of sulfonamides is 1. The lowest BCUT2D eigenvalue weighted by atomic mass is 9.85. The summed E-state index contributed by atoms with van der Waals surface area (Å²) in [6.07, 6.45) is 5.68. The van der Waals surface area contributed by atoms with E-state index in [1.54, 1.807) is 24.3 Å². The zero-order valence-corrected chi connectivity index (χ0v) is 19.4. The summed E-state index contributed by atoms with van der Waals surface area (Å²) in [5.74, 6) is 0.158. The molecule has 0 bridgehead atoms. The van der Waals surface area contributed by atoms with Gasteiger partial charge in [0.25, 0.3) is 5.91 Å². The predicted molar refractivity (Wildman–Crippen MR) is 129 cm³/mol. The second-order valence-electron chi connectivity index (χ2n) is 8.73. The summed E-state index contributed by atoms with van der Waals surface area (Å²) in [6.45, 7) is 3.86. The number of fused-ring (bicyclic) bond motifs is 1. The Balaban J connectivity index is 1.64. The topological polar surface area (TPSA) is 75.3 Å². The van der Waals surface area contributed by atoms with Crippen LogP contribution in [-0.2, 0) is 10.0 Å². The molecule has 0 unspecified atom stereocenters. The molecule has 3 aromatic carbocycles. The fraction of sp³-hybridized carbons (Fsp3) is 0.346. The Labute approximate surface area is 190 Å². The maximum Gasteiger partial charge on any atom is 0.255 e. The second-order valence-corrected chi connectivity index (χ2v) is 10.4. The van der Waals surface area contributed by atoms with Crippen molar-refractivity contribution < 1.29 is 13.2 Å². The summed E-state index contributed by atoms with van der Waals surface area (Å²) in [5.41, 5.74) is 2.07. The Morgan fingerprint density at radius 3 is 2.28 bits per heavy atom. The summed E-state index contributed by atoms with van der Waals surface area (Å²) in [5, 5.41) is 4.25. The van der Waals surface area contributed by atoms with Crippen molar-refractivity contribution in [2.45, 2.75) is 56.9 Å². The number of nitrogens with one attached hydrogen (secondary N) is 2. The van der Waals surface area contributed by atoms with Gasteiger partial charge in [-0.05, 0) is 56.4 Å². The number of amides is 1. The van der Waals surface area contributed by atoms with Gasteiger partial charge in [0.05, 0.1) is 4.90 Å². The Kier molecular flexibility index (Phi) is 6.63. The Morgan fingerprint density at radius 1 is 0.906 bits per heavy atom. The van der Waals surface area contributed by atoms with Gasteiger partial charge in [0.1, 0.15) is 0 Å². The molecule has 0 aliphatic heterocycles. The number of carbonyl (C=O) groups is 1. The van der Waals surface area contributed by atoms with Gasteiger partial charge < -0.3 is 5.32 Å². The molecule has 168 valence electrons. The molecule has 1 amide bonds. The van der Waals surface area contributed by atoms with E-state index in [1.165, 1.54) is 6.42 Å². The van der Waals surface area contributed by atoms with Crippen LogP contribution in [0.2, 0.25) is 0 Å². The van der Waals surface area contributed by atoms with Crippen LogP contribution < -0.4 is 10.0 Å². The van der Waals surface area contributed by atoms with E-state index < -0.39 is 10.0 Å². The molecule has 2 N–H and O–H groups in total. The maximum atomic E-state index is 13.3. The van der Waals surface area contributed by atoms with Crippen molar-refractivity contribution in [3.63, 3.8) is 0 Å². The van der Waals surface area contributed by atoms with Crippen molar-refractivity contribution in [3.8, 4) is 0 Å². The zero-order chi connectivity index (χ0) is 22.7. The highest BCUT2D eigenvalue weighted by Crippen LogP contribution is 2.31. The van der Waals surface area contributed by atoms with E-state index in [9.17, 15) is 13.2 Å². The first-order valence-electron chi connectivity index (χ1n) is 11.3. The predicted octanol–water partition coefficient (Wildman–Crippen LogP) is 5.65. The molecule has 0 aromatic heterocycles. The van der Waals surface area contributed by atoms with Gasteiger partial charge in [-0.2, -0.15) is 0 Å². The highest BCUT2D eigenvalue weighted by molar-refractivity contribution is 7.89. The first-order chi connectivity index (χ1) is 15.4. The number of rotatable bonds is 6. The first kappa shape index (κ1) is 22.5. The zero-order valence-electron chi connectivity index (χ0n) is 18.6. The maximum absolute atomic E-state index is 13.3. The number of carbonyl (C=O) groups excluding carboxylic acids is 1. The Morgan fingerprint density at radius 2 is 1.56 bits per heavy atom. The van der Waals surface area contributed by atoms with E-state index in [0.29, 0.717) is 27.9 Å². The highest BCUT2D eigenvalue weighted by Gasteiger charge is 2.26. The van der Waals surface area contributed by atoms with Gasteiger partial charge in [-0.1, -0.05) is 61.7 Å². The van der Waals surface area contributed by atoms with Gasteiger partial charge in [-0.25, -0.2) is 13.1 Å². The molecule has 0 radical (unpaired) electrons. The van der Waals surface area contributed by atoms with Crippen LogP contribution >= 0.6 is 0 Å². The van der Waals surface area contributed by atoms with Gasteiger partial charge >= 0.3 is 0 Å². The number of benzene rings is 3. The second kappa shape index (κ2) is 9.43. The molecule has 0 spiro atoms. The van der Waals surface area contributed by atoms with Crippen molar-refractivity contribution in [2.75, 3.05) is 5.32 Å². The Bertz CT molecular complexity index is 1230. The van der Waals surface area contributed by atoms with Crippen molar-refractivity contribution in [2.24, 2.45) is 5.92 Å². The third-order valence-electron chi connectivity index (χ3n) is 6.51. The molecule has 1 saturated carbocycles. The lowest BCUT2D eigenvalue weighted by Crippen LogP contribution is -2.38. The lowest BCUT2D eigenvalue weighted by Gasteiger charge is -2.28. The average Bonchev–Trinajstić information content (AvgIpc) is 2.79. The monoisotopic (exact) mass is 450 g/mol. The van der Waals surface area contributed by atoms with Crippen LogP contribution in [0.15, 0.2) is 65.6 Å². The van der Waals surface area contributed by atoms with E-state index in [4.69, 9.17) is 0 Å². The van der Waals surface area contributed by atoms with Gasteiger partial charge in [0, 0.05) is 28.1 Å². The SMILES string of the molecule is Cc1ccccc1C(=O)Nc1ccc(S(=O)(=O)N[C@@H](C)C2CCCCC2)c2ccccc12. The van der Waals surface area contributed by atoms with Crippen molar-refractivity contribution in [3.05, 3.63) is 71.8 Å². The number of hydrogen-bond acceptors (Lipinski definition) is 3. The van der Waals surface area contributed by atoms with Crippen molar-refractivity contribution in [1.29, 1.82) is 0 Å². The van der Waals surface area contributed by atoms with Crippen molar-refractivity contribution in [1.82, 2.24) is 4.72 Å². The fourth-order valence-corrected chi connectivity index (χ4v) is 6.19. The summed E-state index contributed by atoms with van der Waals surface area (Å²) in [4.78, 5) is 13.1. The fourth-order valence-electron chi connectivity index (χ4n) is 4.67. The molecule has 1 atom stereocenters. The smallest absolute Gasteiger partial charge is 0.255 e. The molecule has 6 heteroatoms. The van der Waals surface area contributed by atoms with Gasteiger partial charge in [-0.15, -0.1) is 0 Å². The number of aryl methyl sites for hydroxylation is 1. The summed E-state index contributed by atoms with van der Waals surface area (Å²) in [7, 11) is -3.70. The number of anilines is 1. The van der Waals surface area contributed by atoms with Crippen LogP contribution in [-0.4, -0.2) is 20.4 Å². The van der Waals surface area contributed by atoms with Crippen LogP contribution in [0.3, 0.4) is 0 Å². The Hall–Kier alpha value is -2.70. The van der Waals surface area contributed by atoms with E-state index in [-0.39, 0.29) is 16.8 Å². The molecule has 0 heterocycles. The molecule has 4 rings (SSSR count). The average molecular weight is 451 g/mol. The summed E-state index contributed by atoms with van der Waals surface area (Å²) < 4.78 is 29.5. The number of hydrogen-bond donors (Lipinski definition) is 2. The molecule has 0 saturated heterocycles. The van der Waals surface area contributed by atoms with Crippen LogP contribution in [0.5, 0.6) is 0 Å². The molecule has 32 heavy (non-hydrogen) atoms. The van der Waals surface area contributed by atoms with Crippen LogP contribution in [0.4, 0.5) is 5.69 Å². The van der Waals surface area contributed by atoms with E-state index in [1.807, 2.05) is 50.2 Å². The molecular weight excluding hydrogens is 420 g/mol. The van der Waals surface area contributed by atoms with E-state index >= 15 is 0 Å². The summed E-state index contributed by atoms with van der Waals surface area (Å²) in [6, 6.07) is 17.8. The molecule has 5 nitrogen and oxygen atoms in total. The lowest BCUT2D eigenvalue weighted by molar-refractivity contribution is 0.102. The highest BCUT2D eigenvalue weighted by atomic mass is 32.2. The molecule has 1 aliphatic carbocycles. The minimum atomic E-state index is -3.70. The molecule has 3 aromatic rings. The third kappa shape index (κ3) is 4.71. The van der Waals surface area contributed by atoms with Gasteiger partial charge in [0.15, 0.2) is 0 Å². The first-order valence-corrected chi connectivity index (χ1v) is 12.8. The minimum Gasteiger partial charge on any atom is -0.321 e. The van der Waals surface area contributed by atoms with Gasteiger partial charge in [0.2, 0.25) is 10.0 Å². The van der Waals surface area contributed by atoms with E-state index in [0.717, 1.165) is 31.2 Å². The largest absolute Gasteiger partial charge is 0.321 e. The minimum absolute atomic E-state index is 0.112. The van der Waals surface area contributed by atoms with Crippen LogP contribution in [0.25, 0.3) is 10.8 Å². The normalized spacial score (nSPS) is 16.1. The molecule has 1 fully saturated rings.